The Morgan fingerprint density at radius 1 is 1.24 bits per heavy atom. The van der Waals surface area contributed by atoms with E-state index < -0.39 is 12.1 Å². The quantitative estimate of drug-likeness (QED) is 0.313. The van der Waals surface area contributed by atoms with Gasteiger partial charge in [0.2, 0.25) is 5.95 Å². The van der Waals surface area contributed by atoms with Crippen LogP contribution in [0.3, 0.4) is 0 Å². The molecule has 2 aromatic heterocycles. The molecule has 3 heterocycles. The summed E-state index contributed by atoms with van der Waals surface area (Å²) >= 11 is 0. The molecular weight excluding hydrogens is 544 g/mol. The molecule has 1 aliphatic rings. The lowest BCUT2D eigenvalue weighted by molar-refractivity contribution is -0.192. The molecule has 2 aromatic carbocycles. The highest BCUT2D eigenvalue weighted by atomic mass is 19.4. The smallest absolute Gasteiger partial charge is 0.490 e. The summed E-state index contributed by atoms with van der Waals surface area (Å²) in [5, 5.41) is 19.8. The fraction of sp³-hybridized carbons (Fsp3) is 0.286. The zero-order valence-corrected chi connectivity index (χ0v) is 22.4. The number of imidazole rings is 1. The molecule has 0 bridgehead atoms. The molecule has 214 valence electrons. The molecule has 41 heavy (non-hydrogen) atoms. The maximum atomic E-state index is 14.6. The van der Waals surface area contributed by atoms with Crippen LogP contribution in [0.15, 0.2) is 42.7 Å². The third-order valence-corrected chi connectivity index (χ3v) is 6.29. The fourth-order valence-corrected chi connectivity index (χ4v) is 4.52. The number of anilines is 1. The molecule has 0 unspecified atom stereocenters. The van der Waals surface area contributed by atoms with Gasteiger partial charge in [-0.3, -0.25) is 4.40 Å². The molecule has 0 aliphatic carbocycles. The van der Waals surface area contributed by atoms with Crippen LogP contribution in [-0.2, 0) is 24.3 Å². The Bertz CT molecular complexity index is 1640. The summed E-state index contributed by atoms with van der Waals surface area (Å²) in [4.78, 5) is 20.2. The number of aromatic nitrogens is 3. The van der Waals surface area contributed by atoms with Gasteiger partial charge in [0.1, 0.15) is 17.6 Å². The van der Waals surface area contributed by atoms with Crippen molar-refractivity contribution in [2.45, 2.75) is 32.6 Å². The highest BCUT2D eigenvalue weighted by Crippen LogP contribution is 2.32. The molecule has 5 rings (SSSR count). The van der Waals surface area contributed by atoms with Crippen LogP contribution >= 0.6 is 0 Å². The number of halogens is 4. The van der Waals surface area contributed by atoms with Crippen LogP contribution < -0.4 is 10.1 Å². The normalized spacial score (nSPS) is 12.4. The molecule has 0 saturated heterocycles. The van der Waals surface area contributed by atoms with Crippen LogP contribution in [0.5, 0.6) is 5.75 Å². The molecule has 0 amide bonds. The Morgan fingerprint density at radius 3 is 2.61 bits per heavy atom. The molecule has 0 atom stereocenters. The maximum Gasteiger partial charge on any atom is 0.490 e. The van der Waals surface area contributed by atoms with Crippen LogP contribution in [-0.4, -0.2) is 57.2 Å². The van der Waals surface area contributed by atoms with Crippen LogP contribution in [0.4, 0.5) is 23.5 Å². The van der Waals surface area contributed by atoms with E-state index in [0.29, 0.717) is 35.9 Å². The van der Waals surface area contributed by atoms with E-state index in [9.17, 15) is 22.8 Å². The first-order valence-corrected chi connectivity index (χ1v) is 12.4. The van der Waals surface area contributed by atoms with E-state index in [1.165, 1.54) is 11.6 Å². The zero-order chi connectivity index (χ0) is 29.9. The number of ether oxygens (including phenoxy) is 1. The Labute approximate surface area is 232 Å². The van der Waals surface area contributed by atoms with E-state index in [4.69, 9.17) is 14.6 Å². The van der Waals surface area contributed by atoms with Crippen molar-refractivity contribution >= 4 is 17.6 Å². The van der Waals surface area contributed by atoms with Gasteiger partial charge in [-0.1, -0.05) is 18.2 Å². The summed E-state index contributed by atoms with van der Waals surface area (Å²) < 4.78 is 53.7. The minimum atomic E-state index is -5.08. The van der Waals surface area contributed by atoms with Gasteiger partial charge in [0, 0.05) is 42.4 Å². The number of carbonyl (C=O) groups is 1. The monoisotopic (exact) mass is 570 g/mol. The number of hydrogen-bond donors (Lipinski definition) is 2. The number of benzene rings is 2. The predicted molar refractivity (Wildman–Crippen MR) is 142 cm³/mol. The molecular formula is C28H26F4N6O3. The van der Waals surface area contributed by atoms with E-state index >= 15 is 0 Å². The molecule has 4 aromatic rings. The van der Waals surface area contributed by atoms with Gasteiger partial charge in [0.15, 0.2) is 11.3 Å². The van der Waals surface area contributed by atoms with Crippen molar-refractivity contribution in [3.63, 3.8) is 0 Å². The van der Waals surface area contributed by atoms with Crippen molar-refractivity contribution < 1.29 is 32.2 Å². The van der Waals surface area contributed by atoms with Crippen molar-refractivity contribution in [1.82, 2.24) is 19.3 Å². The second-order valence-electron chi connectivity index (χ2n) is 9.57. The Kier molecular flexibility index (Phi) is 8.44. The van der Waals surface area contributed by atoms with Gasteiger partial charge in [0.05, 0.1) is 12.8 Å². The molecule has 13 heteroatoms. The van der Waals surface area contributed by atoms with Gasteiger partial charge in [-0.15, -0.1) is 0 Å². The third kappa shape index (κ3) is 6.55. The summed E-state index contributed by atoms with van der Waals surface area (Å²) in [6.07, 6.45) is -0.994. The summed E-state index contributed by atoms with van der Waals surface area (Å²) in [7, 11) is 4.08. The standard InChI is InChI=1S/C26H25FN6O.C2HF3O2/c1-16-10-17(14-32(2)3)4-5-19(16)22-13-30-26(33-15-18(11-28)31-25(22)33)29-12-21-20-8-9-34-24(20)7-6-23(21)27;3-2(4,5)1(6)7/h4-7,10,13,15H,8-9,12,14H2,1-3H3,(H,29,30);(H,6,7). The number of hydrogen-bond acceptors (Lipinski definition) is 7. The van der Waals surface area contributed by atoms with Gasteiger partial charge >= 0.3 is 12.1 Å². The number of alkyl halides is 3. The minimum absolute atomic E-state index is 0.248. The SMILES string of the molecule is Cc1cc(CN(C)C)ccc1-c1cnc(NCc2c(F)ccc3c2CCO3)n2cc(C#N)nc12.O=C(O)C(F)(F)F. The highest BCUT2D eigenvalue weighted by Gasteiger charge is 2.38. The van der Waals surface area contributed by atoms with Crippen LogP contribution in [0.2, 0.25) is 0 Å². The highest BCUT2D eigenvalue weighted by molar-refractivity contribution is 5.80. The Hall–Kier alpha value is -4.70. The lowest BCUT2D eigenvalue weighted by Crippen LogP contribution is -2.21. The number of carboxylic acid groups (broad SMARTS) is 1. The fourth-order valence-electron chi connectivity index (χ4n) is 4.52. The van der Waals surface area contributed by atoms with Crippen LogP contribution in [0.1, 0.15) is 27.9 Å². The van der Waals surface area contributed by atoms with Crippen molar-refractivity contribution in [1.29, 1.82) is 5.26 Å². The summed E-state index contributed by atoms with van der Waals surface area (Å²) in [5.74, 6) is -1.81. The van der Waals surface area contributed by atoms with Gasteiger partial charge in [0.25, 0.3) is 0 Å². The molecule has 0 spiro atoms. The Balaban J connectivity index is 0.000000493. The summed E-state index contributed by atoms with van der Waals surface area (Å²) in [6.45, 7) is 3.72. The van der Waals surface area contributed by atoms with Crippen molar-refractivity contribution in [2.24, 2.45) is 0 Å². The van der Waals surface area contributed by atoms with E-state index in [1.807, 2.05) is 14.1 Å². The second kappa shape index (κ2) is 11.8. The maximum absolute atomic E-state index is 14.6. The number of rotatable bonds is 6. The van der Waals surface area contributed by atoms with E-state index in [0.717, 1.165) is 34.5 Å². The van der Waals surface area contributed by atoms with Crippen molar-refractivity contribution in [3.8, 4) is 22.9 Å². The average Bonchev–Trinajstić information content (AvgIpc) is 3.55. The predicted octanol–water partition coefficient (Wildman–Crippen LogP) is 4.96. The van der Waals surface area contributed by atoms with Crippen molar-refractivity contribution in [2.75, 3.05) is 26.0 Å². The van der Waals surface area contributed by atoms with E-state index in [-0.39, 0.29) is 12.4 Å². The topological polar surface area (TPSA) is 116 Å². The minimum Gasteiger partial charge on any atom is -0.493 e. The third-order valence-electron chi connectivity index (χ3n) is 6.29. The second-order valence-corrected chi connectivity index (χ2v) is 9.57. The van der Waals surface area contributed by atoms with E-state index in [1.54, 1.807) is 22.9 Å². The first-order chi connectivity index (χ1) is 19.4. The number of nitrogens with zero attached hydrogens (tertiary/aromatic N) is 5. The first kappa shape index (κ1) is 29.3. The van der Waals surface area contributed by atoms with Gasteiger partial charge < -0.3 is 20.1 Å². The number of fused-ring (bicyclic) bond motifs is 2. The Morgan fingerprint density at radius 2 is 1.98 bits per heavy atom. The number of nitrogens with one attached hydrogen (secondary N) is 1. The summed E-state index contributed by atoms with van der Waals surface area (Å²) in [6, 6.07) is 11.5. The lowest BCUT2D eigenvalue weighted by atomic mass is 10.00. The molecule has 2 N–H and O–H groups in total. The molecule has 0 saturated carbocycles. The molecule has 9 nitrogen and oxygen atoms in total. The number of aliphatic carboxylic acids is 1. The summed E-state index contributed by atoms with van der Waals surface area (Å²) in [5.41, 5.74) is 6.54. The van der Waals surface area contributed by atoms with E-state index in [2.05, 4.69) is 51.4 Å². The molecule has 1 aliphatic heterocycles. The largest absolute Gasteiger partial charge is 0.493 e. The van der Waals surface area contributed by atoms with Gasteiger partial charge in [-0.25, -0.2) is 19.2 Å². The van der Waals surface area contributed by atoms with Crippen LogP contribution in [0.25, 0.3) is 16.8 Å². The van der Waals surface area contributed by atoms with Crippen LogP contribution in [0, 0.1) is 24.1 Å². The average molecular weight is 571 g/mol. The number of aryl methyl sites for hydroxylation is 1. The zero-order valence-electron chi connectivity index (χ0n) is 22.4. The van der Waals surface area contributed by atoms with Crippen molar-refractivity contribution in [3.05, 3.63) is 76.5 Å². The number of nitriles is 1. The molecule has 0 radical (unpaired) electrons. The van der Waals surface area contributed by atoms with Gasteiger partial charge in [-0.2, -0.15) is 18.4 Å². The van der Waals surface area contributed by atoms with Gasteiger partial charge in [-0.05, 0) is 49.8 Å². The first-order valence-electron chi connectivity index (χ1n) is 12.4. The lowest BCUT2D eigenvalue weighted by Gasteiger charge is -2.15. The molecule has 0 fully saturated rings. The number of carboxylic acids is 1.